The number of aromatic amines is 1. The Morgan fingerprint density at radius 2 is 2.05 bits per heavy atom. The van der Waals surface area contributed by atoms with Gasteiger partial charge in [0.2, 0.25) is 5.91 Å². The van der Waals surface area contributed by atoms with Gasteiger partial charge in [-0.3, -0.25) is 4.79 Å². The number of H-pyrrole nitrogens is 1. The van der Waals surface area contributed by atoms with Gasteiger partial charge < -0.3 is 10.3 Å². The molecule has 8 heteroatoms. The third kappa shape index (κ3) is 4.99. The summed E-state index contributed by atoms with van der Waals surface area (Å²) in [6, 6.07) is 0. The summed E-state index contributed by atoms with van der Waals surface area (Å²) >= 11 is 0. The summed E-state index contributed by atoms with van der Waals surface area (Å²) in [5.41, 5.74) is -0.397. The normalized spacial score (nSPS) is 12.4. The predicted molar refractivity (Wildman–Crippen MR) is 71.0 cm³/mol. The first kappa shape index (κ1) is 15.6. The number of aryl methyl sites for hydroxylation is 1. The number of nitrogens with zero attached hydrogens (tertiary/aromatic N) is 1. The van der Waals surface area contributed by atoms with Crippen molar-refractivity contribution in [2.75, 3.05) is 6.54 Å². The Balaban J connectivity index is 2.63. The Kier molecular flexibility index (Phi) is 4.70. The molecule has 7 nitrogen and oxygen atoms in total. The molecular weight excluding hydrogens is 268 g/mol. The molecule has 1 rings (SSSR count). The second-order valence-corrected chi connectivity index (χ2v) is 6.91. The van der Waals surface area contributed by atoms with E-state index < -0.39 is 15.6 Å². The van der Waals surface area contributed by atoms with Gasteiger partial charge in [0.25, 0.3) is 10.0 Å². The van der Waals surface area contributed by atoms with Crippen molar-refractivity contribution in [1.29, 1.82) is 0 Å². The van der Waals surface area contributed by atoms with Gasteiger partial charge in [-0.15, -0.1) is 0 Å². The number of sulfonamides is 1. The number of carbonyl (C=O) groups is 1. The zero-order valence-electron chi connectivity index (χ0n) is 11.6. The minimum Gasteiger partial charge on any atom is -0.350 e. The molecule has 1 amide bonds. The molecular formula is C11H20N4O3S. The van der Waals surface area contributed by atoms with Crippen LogP contribution in [0.5, 0.6) is 0 Å². The van der Waals surface area contributed by atoms with E-state index in [-0.39, 0.29) is 17.5 Å². The number of amides is 1. The van der Waals surface area contributed by atoms with Crippen molar-refractivity contribution in [3.05, 3.63) is 12.0 Å². The maximum Gasteiger partial charge on any atom is 0.258 e. The highest BCUT2D eigenvalue weighted by Crippen LogP contribution is 2.05. The van der Waals surface area contributed by atoms with E-state index in [1.807, 2.05) is 27.7 Å². The van der Waals surface area contributed by atoms with Crippen LogP contribution in [0.15, 0.2) is 11.2 Å². The van der Waals surface area contributed by atoms with E-state index in [0.29, 0.717) is 12.2 Å². The van der Waals surface area contributed by atoms with Crippen LogP contribution in [0, 0.1) is 0 Å². The minimum absolute atomic E-state index is 0.0343. The molecule has 0 spiro atoms. The number of aromatic nitrogens is 2. The smallest absolute Gasteiger partial charge is 0.258 e. The van der Waals surface area contributed by atoms with Crippen LogP contribution in [0.4, 0.5) is 0 Å². The molecule has 108 valence electrons. The largest absolute Gasteiger partial charge is 0.350 e. The van der Waals surface area contributed by atoms with Gasteiger partial charge in [-0.2, -0.15) is 0 Å². The van der Waals surface area contributed by atoms with Crippen molar-refractivity contribution < 1.29 is 13.2 Å². The zero-order valence-corrected chi connectivity index (χ0v) is 12.4. The van der Waals surface area contributed by atoms with Gasteiger partial charge in [0.05, 0.1) is 12.7 Å². The van der Waals surface area contributed by atoms with Crippen molar-refractivity contribution in [1.82, 2.24) is 20.0 Å². The van der Waals surface area contributed by atoms with Crippen LogP contribution in [0.2, 0.25) is 0 Å². The van der Waals surface area contributed by atoms with E-state index in [1.165, 1.54) is 6.20 Å². The molecule has 3 N–H and O–H groups in total. The summed E-state index contributed by atoms with van der Waals surface area (Å²) in [4.78, 5) is 18.1. The second-order valence-electron chi connectivity index (χ2n) is 5.17. The Bertz CT molecular complexity index is 543. The molecule has 1 aromatic rings. The minimum atomic E-state index is -3.73. The van der Waals surface area contributed by atoms with Crippen LogP contribution in [0.3, 0.4) is 0 Å². The van der Waals surface area contributed by atoms with Crippen LogP contribution in [0.1, 0.15) is 33.5 Å². The molecule has 0 aromatic carbocycles. The average molecular weight is 288 g/mol. The molecule has 0 aliphatic rings. The van der Waals surface area contributed by atoms with Gasteiger partial charge in [-0.25, -0.2) is 18.1 Å². The van der Waals surface area contributed by atoms with Crippen LogP contribution in [0.25, 0.3) is 0 Å². The first-order valence-corrected chi connectivity index (χ1v) is 7.47. The number of imidazole rings is 1. The van der Waals surface area contributed by atoms with E-state index >= 15 is 0 Å². The lowest BCUT2D eigenvalue weighted by atomic mass is 10.1. The Labute approximate surface area is 113 Å². The highest BCUT2D eigenvalue weighted by molar-refractivity contribution is 7.89. The van der Waals surface area contributed by atoms with Gasteiger partial charge in [0.15, 0.2) is 5.03 Å². The number of hydrogen-bond acceptors (Lipinski definition) is 4. The second kappa shape index (κ2) is 5.70. The highest BCUT2D eigenvalue weighted by Gasteiger charge is 2.20. The van der Waals surface area contributed by atoms with Crippen molar-refractivity contribution >= 4 is 15.9 Å². The fraction of sp³-hybridized carbons (Fsp3) is 0.636. The molecule has 0 unspecified atom stereocenters. The number of rotatable bonds is 5. The lowest BCUT2D eigenvalue weighted by Gasteiger charge is -2.20. The Hall–Kier alpha value is -1.41. The molecule has 0 saturated heterocycles. The summed E-state index contributed by atoms with van der Waals surface area (Å²) in [5, 5.41) is 2.63. The maximum absolute atomic E-state index is 11.9. The maximum atomic E-state index is 11.9. The molecule has 19 heavy (non-hydrogen) atoms. The molecule has 1 heterocycles. The standard InChI is InChI=1S/C11H20N4O3S/c1-5-8-12-7-10(14-8)19(17,18)13-6-9(16)15-11(2,3)4/h7,13H,5-6H2,1-4H3,(H,12,14)(H,15,16). The first-order valence-electron chi connectivity index (χ1n) is 5.98. The quantitative estimate of drug-likeness (QED) is 0.718. The van der Waals surface area contributed by atoms with E-state index in [1.54, 1.807) is 0 Å². The highest BCUT2D eigenvalue weighted by atomic mass is 32.2. The number of nitrogens with one attached hydrogen (secondary N) is 3. The summed E-state index contributed by atoms with van der Waals surface area (Å²) in [5.74, 6) is 0.200. The average Bonchev–Trinajstić information content (AvgIpc) is 2.73. The van der Waals surface area contributed by atoms with E-state index in [4.69, 9.17) is 0 Å². The SMILES string of the molecule is CCc1ncc(S(=O)(=O)NCC(=O)NC(C)(C)C)[nH]1. The molecule has 0 saturated carbocycles. The summed E-state index contributed by atoms with van der Waals surface area (Å²) in [6.45, 7) is 7.02. The van der Waals surface area contributed by atoms with Gasteiger partial charge >= 0.3 is 0 Å². The van der Waals surface area contributed by atoms with Crippen LogP contribution in [-0.2, 0) is 21.2 Å². The van der Waals surface area contributed by atoms with Crippen molar-refractivity contribution in [3.63, 3.8) is 0 Å². The topological polar surface area (TPSA) is 104 Å². The monoisotopic (exact) mass is 288 g/mol. The van der Waals surface area contributed by atoms with Gasteiger partial charge in [-0.1, -0.05) is 6.92 Å². The van der Waals surface area contributed by atoms with Crippen LogP contribution >= 0.6 is 0 Å². The molecule has 0 fully saturated rings. The molecule has 0 aliphatic carbocycles. The fourth-order valence-corrected chi connectivity index (χ4v) is 2.28. The molecule has 0 atom stereocenters. The van der Waals surface area contributed by atoms with Crippen LogP contribution < -0.4 is 10.0 Å². The predicted octanol–water partition coefficient (Wildman–Crippen LogP) is 0.165. The van der Waals surface area contributed by atoms with E-state index in [2.05, 4.69) is 20.0 Å². The lowest BCUT2D eigenvalue weighted by Crippen LogP contribution is -2.45. The number of hydrogen-bond donors (Lipinski definition) is 3. The van der Waals surface area contributed by atoms with Crippen molar-refractivity contribution in [3.8, 4) is 0 Å². The van der Waals surface area contributed by atoms with E-state index in [9.17, 15) is 13.2 Å². The Morgan fingerprint density at radius 1 is 1.42 bits per heavy atom. The van der Waals surface area contributed by atoms with Gasteiger partial charge in [-0.05, 0) is 20.8 Å². The third-order valence-corrected chi connectivity index (χ3v) is 3.48. The zero-order chi connectivity index (χ0) is 14.7. The summed E-state index contributed by atoms with van der Waals surface area (Å²) < 4.78 is 26.0. The molecule has 0 radical (unpaired) electrons. The third-order valence-electron chi connectivity index (χ3n) is 2.17. The van der Waals surface area contributed by atoms with Crippen molar-refractivity contribution in [2.24, 2.45) is 0 Å². The molecule has 1 aromatic heterocycles. The van der Waals surface area contributed by atoms with E-state index in [0.717, 1.165) is 0 Å². The summed E-state index contributed by atoms with van der Waals surface area (Å²) in [7, 11) is -3.73. The van der Waals surface area contributed by atoms with Crippen molar-refractivity contribution in [2.45, 2.75) is 44.7 Å². The van der Waals surface area contributed by atoms with Crippen LogP contribution in [-0.4, -0.2) is 36.4 Å². The first-order chi connectivity index (χ1) is 8.64. The van der Waals surface area contributed by atoms with Gasteiger partial charge in [0.1, 0.15) is 5.82 Å². The molecule has 0 aliphatic heterocycles. The summed E-state index contributed by atoms with van der Waals surface area (Å²) in [6.07, 6.45) is 1.85. The lowest BCUT2D eigenvalue weighted by molar-refractivity contribution is -0.121. The fourth-order valence-electron chi connectivity index (χ4n) is 1.36. The van der Waals surface area contributed by atoms with Gasteiger partial charge in [0, 0.05) is 12.0 Å². The number of carbonyl (C=O) groups excluding carboxylic acids is 1. The Morgan fingerprint density at radius 3 is 2.53 bits per heavy atom. The molecule has 0 bridgehead atoms.